The Bertz CT molecular complexity index is 828. The van der Waals surface area contributed by atoms with Crippen LogP contribution in [-0.2, 0) is 14.4 Å². The fraction of sp³-hybridized carbons (Fsp3) is 0.211. The van der Waals surface area contributed by atoms with Gasteiger partial charge in [-0.05, 0) is 22.3 Å². The molecule has 1 saturated heterocycles. The molecule has 2 amide bonds. The lowest BCUT2D eigenvalue weighted by atomic mass is 9.87. The molecule has 0 bridgehead atoms. The first-order valence-corrected chi connectivity index (χ1v) is 7.84. The van der Waals surface area contributed by atoms with Gasteiger partial charge in [-0.2, -0.15) is 5.06 Å². The summed E-state index contributed by atoms with van der Waals surface area (Å²) in [5, 5.41) is 9.41. The molecule has 2 aromatic carbocycles. The summed E-state index contributed by atoms with van der Waals surface area (Å²) in [6, 6.07) is 15.8. The van der Waals surface area contributed by atoms with Gasteiger partial charge in [0.2, 0.25) is 0 Å². The van der Waals surface area contributed by atoms with Crippen molar-refractivity contribution in [2.24, 2.45) is 5.92 Å². The summed E-state index contributed by atoms with van der Waals surface area (Å²) in [7, 11) is 0. The SMILES string of the molecule is O=C(CC1c2ccccc2-c2ccccc21)C1CC(=O)N(O)C1=O. The monoisotopic (exact) mass is 321 g/mol. The van der Waals surface area contributed by atoms with Crippen molar-refractivity contribution in [3.05, 3.63) is 59.7 Å². The second-order valence-electron chi connectivity index (χ2n) is 6.20. The maximum absolute atomic E-state index is 12.6. The van der Waals surface area contributed by atoms with Crippen molar-refractivity contribution >= 4 is 17.6 Å². The molecule has 2 aromatic rings. The number of hydrogen-bond donors (Lipinski definition) is 1. The molecule has 120 valence electrons. The Kier molecular flexibility index (Phi) is 3.32. The normalized spacial score (nSPS) is 19.5. The molecule has 1 heterocycles. The quantitative estimate of drug-likeness (QED) is 0.535. The van der Waals surface area contributed by atoms with E-state index in [9.17, 15) is 19.6 Å². The minimum atomic E-state index is -1.07. The summed E-state index contributed by atoms with van der Waals surface area (Å²) in [6.45, 7) is 0. The molecule has 0 spiro atoms. The van der Waals surface area contributed by atoms with Gasteiger partial charge in [0.15, 0.2) is 0 Å². The van der Waals surface area contributed by atoms with Crippen LogP contribution in [0.25, 0.3) is 11.1 Å². The van der Waals surface area contributed by atoms with Crippen LogP contribution >= 0.6 is 0 Å². The van der Waals surface area contributed by atoms with Gasteiger partial charge in [-0.3, -0.25) is 19.6 Å². The first kappa shape index (κ1) is 14.8. The highest BCUT2D eigenvalue weighted by atomic mass is 16.5. The third kappa shape index (κ3) is 2.09. The number of hydrogen-bond acceptors (Lipinski definition) is 4. The van der Waals surface area contributed by atoms with Gasteiger partial charge < -0.3 is 0 Å². The van der Waals surface area contributed by atoms with Crippen LogP contribution in [-0.4, -0.2) is 27.9 Å². The number of benzene rings is 2. The topological polar surface area (TPSA) is 74.7 Å². The molecule has 0 aromatic heterocycles. The number of hydroxylamine groups is 2. The summed E-state index contributed by atoms with van der Waals surface area (Å²) in [5.41, 5.74) is 4.32. The van der Waals surface area contributed by atoms with E-state index in [0.29, 0.717) is 0 Å². The number of amides is 2. The maximum atomic E-state index is 12.6. The third-order valence-corrected chi connectivity index (χ3v) is 4.88. The van der Waals surface area contributed by atoms with E-state index in [1.807, 2.05) is 48.5 Å². The second-order valence-corrected chi connectivity index (χ2v) is 6.20. The van der Waals surface area contributed by atoms with Crippen molar-refractivity contribution in [1.82, 2.24) is 5.06 Å². The fourth-order valence-electron chi connectivity index (χ4n) is 3.69. The number of nitrogens with zero attached hydrogens (tertiary/aromatic N) is 1. The number of imide groups is 1. The van der Waals surface area contributed by atoms with Crippen LogP contribution in [0.15, 0.2) is 48.5 Å². The average Bonchev–Trinajstić information content (AvgIpc) is 3.05. The molecule has 1 aliphatic carbocycles. The summed E-state index contributed by atoms with van der Waals surface area (Å²) >= 11 is 0. The van der Waals surface area contributed by atoms with Crippen LogP contribution < -0.4 is 0 Å². The second kappa shape index (κ2) is 5.39. The molecule has 5 heteroatoms. The predicted molar refractivity (Wildman–Crippen MR) is 85.1 cm³/mol. The van der Waals surface area contributed by atoms with Crippen molar-refractivity contribution in [1.29, 1.82) is 0 Å². The molecule has 1 fully saturated rings. The number of carbonyl (C=O) groups excluding carboxylic acids is 3. The molecule has 1 unspecified atom stereocenters. The largest absolute Gasteiger partial charge is 0.299 e. The fourth-order valence-corrected chi connectivity index (χ4v) is 3.69. The van der Waals surface area contributed by atoms with E-state index in [4.69, 9.17) is 0 Å². The van der Waals surface area contributed by atoms with Crippen LogP contribution in [0.3, 0.4) is 0 Å². The highest BCUT2D eigenvalue weighted by Gasteiger charge is 2.43. The number of rotatable bonds is 3. The Balaban J connectivity index is 1.67. The Morgan fingerprint density at radius 1 is 1.00 bits per heavy atom. The zero-order valence-corrected chi connectivity index (χ0v) is 12.8. The Hall–Kier alpha value is -2.79. The molecule has 1 N–H and O–H groups in total. The number of Topliss-reactive ketones (excluding diaryl/α,β-unsaturated/α-hetero) is 1. The standard InChI is InChI=1S/C19H15NO4/c21-17(16-10-18(22)20(24)19(16)23)9-15-13-7-3-1-5-11(13)12-6-2-4-8-14(12)15/h1-8,15-16,24H,9-10H2. The lowest BCUT2D eigenvalue weighted by molar-refractivity contribution is -0.172. The van der Waals surface area contributed by atoms with E-state index in [1.54, 1.807) is 0 Å². The highest BCUT2D eigenvalue weighted by molar-refractivity contribution is 6.13. The van der Waals surface area contributed by atoms with Gasteiger partial charge in [0, 0.05) is 18.8 Å². The van der Waals surface area contributed by atoms with Gasteiger partial charge in [0.1, 0.15) is 11.7 Å². The van der Waals surface area contributed by atoms with E-state index in [1.165, 1.54) is 0 Å². The minimum absolute atomic E-state index is 0.0686. The molecular weight excluding hydrogens is 306 g/mol. The molecular formula is C19H15NO4. The Labute approximate surface area is 138 Å². The molecule has 2 aliphatic rings. The molecule has 0 saturated carbocycles. The van der Waals surface area contributed by atoms with Gasteiger partial charge in [-0.15, -0.1) is 0 Å². The number of ketones is 1. The average molecular weight is 321 g/mol. The van der Waals surface area contributed by atoms with Crippen molar-refractivity contribution in [2.75, 3.05) is 0 Å². The van der Waals surface area contributed by atoms with Gasteiger partial charge >= 0.3 is 0 Å². The Morgan fingerprint density at radius 2 is 1.54 bits per heavy atom. The summed E-state index contributed by atoms with van der Waals surface area (Å²) in [6.07, 6.45) is -0.101. The zero-order chi connectivity index (χ0) is 16.8. The summed E-state index contributed by atoms with van der Waals surface area (Å²) in [4.78, 5) is 35.9. The maximum Gasteiger partial charge on any atom is 0.264 e. The number of carbonyl (C=O) groups is 3. The van der Waals surface area contributed by atoms with E-state index < -0.39 is 17.7 Å². The summed E-state index contributed by atoms with van der Waals surface area (Å²) < 4.78 is 0. The third-order valence-electron chi connectivity index (χ3n) is 4.88. The van der Waals surface area contributed by atoms with Crippen LogP contribution in [0.1, 0.15) is 29.9 Å². The van der Waals surface area contributed by atoms with Crippen LogP contribution in [0.2, 0.25) is 0 Å². The van der Waals surface area contributed by atoms with E-state index in [0.717, 1.165) is 22.3 Å². The molecule has 0 radical (unpaired) electrons. The smallest absolute Gasteiger partial charge is 0.264 e. The van der Waals surface area contributed by atoms with Crippen molar-refractivity contribution in [2.45, 2.75) is 18.8 Å². The van der Waals surface area contributed by atoms with Crippen LogP contribution in [0.4, 0.5) is 0 Å². The van der Waals surface area contributed by atoms with Gasteiger partial charge in [0.25, 0.3) is 11.8 Å². The molecule has 4 rings (SSSR count). The van der Waals surface area contributed by atoms with E-state index >= 15 is 0 Å². The van der Waals surface area contributed by atoms with Gasteiger partial charge in [0.05, 0.1) is 0 Å². The van der Waals surface area contributed by atoms with Crippen LogP contribution in [0, 0.1) is 5.92 Å². The molecule has 5 nitrogen and oxygen atoms in total. The van der Waals surface area contributed by atoms with Crippen LogP contribution in [0.5, 0.6) is 0 Å². The van der Waals surface area contributed by atoms with Crippen molar-refractivity contribution in [3.63, 3.8) is 0 Å². The predicted octanol–water partition coefficient (Wildman–Crippen LogP) is 2.52. The number of fused-ring (bicyclic) bond motifs is 3. The van der Waals surface area contributed by atoms with E-state index in [-0.39, 0.29) is 29.6 Å². The van der Waals surface area contributed by atoms with Gasteiger partial charge in [-0.25, -0.2) is 0 Å². The highest BCUT2D eigenvalue weighted by Crippen LogP contribution is 2.46. The first-order valence-electron chi connectivity index (χ1n) is 7.84. The Morgan fingerprint density at radius 3 is 2.04 bits per heavy atom. The lowest BCUT2D eigenvalue weighted by Crippen LogP contribution is -2.29. The molecule has 24 heavy (non-hydrogen) atoms. The molecule has 1 atom stereocenters. The minimum Gasteiger partial charge on any atom is -0.299 e. The van der Waals surface area contributed by atoms with Gasteiger partial charge in [-0.1, -0.05) is 48.5 Å². The first-order chi connectivity index (χ1) is 11.6. The summed E-state index contributed by atoms with van der Waals surface area (Å²) in [5.74, 6) is -3.03. The van der Waals surface area contributed by atoms with Crippen molar-refractivity contribution < 1.29 is 19.6 Å². The van der Waals surface area contributed by atoms with Crippen molar-refractivity contribution in [3.8, 4) is 11.1 Å². The van der Waals surface area contributed by atoms with E-state index in [2.05, 4.69) is 0 Å². The zero-order valence-electron chi connectivity index (χ0n) is 12.8. The lowest BCUT2D eigenvalue weighted by Gasteiger charge is -2.14. The molecule has 1 aliphatic heterocycles.